The summed E-state index contributed by atoms with van der Waals surface area (Å²) >= 11 is 0. The van der Waals surface area contributed by atoms with Crippen molar-refractivity contribution in [1.82, 2.24) is 0 Å². The number of allylic oxidation sites excluding steroid dienone is 2. The van der Waals surface area contributed by atoms with E-state index in [0.29, 0.717) is 5.56 Å². The van der Waals surface area contributed by atoms with Crippen LogP contribution in [0, 0.1) is 49.4 Å². The Balaban J connectivity index is 0.000000539. The van der Waals surface area contributed by atoms with Crippen molar-refractivity contribution in [2.75, 3.05) is 11.5 Å². The molecule has 3 nitrogen and oxygen atoms in total. The van der Waals surface area contributed by atoms with Gasteiger partial charge in [0.05, 0.1) is 5.76 Å². The van der Waals surface area contributed by atoms with Crippen molar-refractivity contribution in [1.29, 1.82) is 0 Å². The molecule has 0 atom stereocenters. The van der Waals surface area contributed by atoms with Crippen LogP contribution in [0.5, 0.6) is 0 Å². The summed E-state index contributed by atoms with van der Waals surface area (Å²) in [6.45, 7) is 5.76. The van der Waals surface area contributed by atoms with E-state index in [2.05, 4.69) is 13.8 Å². The second kappa shape index (κ2) is 15.6. The fraction of sp³-hybridized carbons (Fsp3) is 0.409. The number of carbonyl (C=O) groups excluding carboxylic acids is 1. The second-order valence-electron chi connectivity index (χ2n) is 6.27. The van der Waals surface area contributed by atoms with Crippen molar-refractivity contribution < 1.29 is 63.5 Å². The Kier molecular flexibility index (Phi) is 15.3. The second-order valence-corrected chi connectivity index (χ2v) is 7.96. The molecule has 2 aromatic carbocycles. The third kappa shape index (κ3) is 11.3. The van der Waals surface area contributed by atoms with Crippen molar-refractivity contribution in [3.05, 3.63) is 59.9 Å². The molecule has 27 heavy (non-hydrogen) atoms. The number of fused-ring (bicyclic) bond motifs is 1. The molecule has 0 aliphatic heterocycles. The number of aliphatic hydroxyl groups is 1. The molecule has 0 heterocycles. The summed E-state index contributed by atoms with van der Waals surface area (Å²) in [5.74, 6) is 1.68. The van der Waals surface area contributed by atoms with Crippen molar-refractivity contribution >= 4 is 27.4 Å². The van der Waals surface area contributed by atoms with Crippen LogP contribution in [0.25, 0.3) is 10.8 Å². The largest absolute Gasteiger partial charge is 0.512 e. The van der Waals surface area contributed by atoms with E-state index in [1.165, 1.54) is 13.0 Å². The zero-order chi connectivity index (χ0) is 19.4. The van der Waals surface area contributed by atoms with Gasteiger partial charge in [-0.15, -0.1) is 0 Å². The minimum Gasteiger partial charge on any atom is -0.512 e. The Bertz CT molecular complexity index is 742. The molecule has 2 aromatic rings. The maximum atomic E-state index is 11.7. The van der Waals surface area contributed by atoms with E-state index >= 15 is 0 Å². The van der Waals surface area contributed by atoms with Gasteiger partial charge in [0.1, 0.15) is 0 Å². The summed E-state index contributed by atoms with van der Waals surface area (Å²) in [7, 11) is -0.520. The first-order chi connectivity index (χ1) is 12.5. The van der Waals surface area contributed by atoms with Crippen molar-refractivity contribution in [3.63, 3.8) is 0 Å². The molecular formula is C22H30EuO3S. The molecule has 149 valence electrons. The molecule has 0 amide bonds. The standard InChI is InChI=1S/C14H12O2.C8H18OS.Eu/c1-10(15)8-14(16)13-7-6-11-4-2-3-5-12(11)9-13;1-3-5-7-10(9)8-6-4-2;/h2-9,15H,1H3;3-8H2,1-2H3;. The number of carbonyl (C=O) groups is 1. The molecule has 5 heteroatoms. The third-order valence-electron chi connectivity index (χ3n) is 3.83. The number of rotatable bonds is 8. The van der Waals surface area contributed by atoms with Crippen LogP contribution in [-0.2, 0) is 10.8 Å². The number of unbranched alkanes of at least 4 members (excludes halogenated alkanes) is 2. The van der Waals surface area contributed by atoms with Gasteiger partial charge in [0.25, 0.3) is 0 Å². The van der Waals surface area contributed by atoms with Crippen LogP contribution in [0.15, 0.2) is 54.3 Å². The molecule has 0 bridgehead atoms. The van der Waals surface area contributed by atoms with E-state index in [9.17, 15) is 9.00 Å². The van der Waals surface area contributed by atoms with E-state index in [0.717, 1.165) is 48.0 Å². The van der Waals surface area contributed by atoms with Crippen LogP contribution < -0.4 is 0 Å². The van der Waals surface area contributed by atoms with Gasteiger partial charge in [0.15, 0.2) is 5.78 Å². The van der Waals surface area contributed by atoms with Gasteiger partial charge in [-0.3, -0.25) is 9.00 Å². The third-order valence-corrected chi connectivity index (χ3v) is 5.31. The van der Waals surface area contributed by atoms with Gasteiger partial charge in [0.2, 0.25) is 0 Å². The summed E-state index contributed by atoms with van der Waals surface area (Å²) in [6, 6.07) is 13.4. The zero-order valence-corrected chi connectivity index (χ0v) is 19.7. The SMILES string of the molecule is CC(O)=CC(=O)c1ccc2ccccc2c1.CCCCS(=O)CCCC.[Eu]. The molecule has 0 unspecified atom stereocenters. The quantitative estimate of drug-likeness (QED) is 0.268. The number of ketones is 1. The Morgan fingerprint density at radius 2 is 1.56 bits per heavy atom. The van der Waals surface area contributed by atoms with E-state index in [1.54, 1.807) is 6.07 Å². The van der Waals surface area contributed by atoms with Crippen LogP contribution >= 0.6 is 0 Å². The summed E-state index contributed by atoms with van der Waals surface area (Å²) < 4.78 is 11.1. The molecule has 0 aliphatic carbocycles. The summed E-state index contributed by atoms with van der Waals surface area (Å²) in [4.78, 5) is 11.7. The first-order valence-electron chi connectivity index (χ1n) is 9.23. The smallest absolute Gasteiger partial charge is 0.189 e. The predicted molar refractivity (Wildman–Crippen MR) is 112 cm³/mol. The monoisotopic (exact) mass is 527 g/mol. The zero-order valence-electron chi connectivity index (χ0n) is 16.4. The summed E-state index contributed by atoms with van der Waals surface area (Å²) in [6.07, 6.45) is 5.80. The van der Waals surface area contributed by atoms with Crippen LogP contribution in [0.2, 0.25) is 0 Å². The van der Waals surface area contributed by atoms with E-state index in [4.69, 9.17) is 5.11 Å². The first-order valence-corrected chi connectivity index (χ1v) is 10.7. The average Bonchev–Trinajstić information content (AvgIpc) is 2.64. The maximum Gasteiger partial charge on any atom is 0.189 e. The normalized spacial score (nSPS) is 10.9. The van der Waals surface area contributed by atoms with E-state index in [1.807, 2.05) is 36.4 Å². The fourth-order valence-corrected chi connectivity index (χ4v) is 3.75. The molecule has 0 fully saturated rings. The Morgan fingerprint density at radius 1 is 1.00 bits per heavy atom. The van der Waals surface area contributed by atoms with Gasteiger partial charge in [-0.1, -0.05) is 63.1 Å². The number of hydrogen-bond donors (Lipinski definition) is 1. The van der Waals surface area contributed by atoms with Gasteiger partial charge >= 0.3 is 0 Å². The Hall–Kier alpha value is -0.356. The average molecular weight is 527 g/mol. The van der Waals surface area contributed by atoms with Crippen molar-refractivity contribution in [2.45, 2.75) is 46.5 Å². The van der Waals surface area contributed by atoms with Crippen molar-refractivity contribution in [2.24, 2.45) is 0 Å². The topological polar surface area (TPSA) is 54.4 Å². The maximum absolute atomic E-state index is 11.7. The molecule has 0 aromatic heterocycles. The van der Waals surface area contributed by atoms with Gasteiger partial charge in [0, 0.05) is 83.3 Å². The van der Waals surface area contributed by atoms with Crippen LogP contribution in [0.1, 0.15) is 56.8 Å². The molecule has 0 aliphatic rings. The van der Waals surface area contributed by atoms with Crippen LogP contribution in [0.4, 0.5) is 0 Å². The first kappa shape index (κ1) is 26.6. The molecule has 1 radical (unpaired) electrons. The van der Waals surface area contributed by atoms with Crippen LogP contribution in [-0.4, -0.2) is 26.6 Å². The van der Waals surface area contributed by atoms with Gasteiger partial charge in [-0.25, -0.2) is 0 Å². The molecule has 2 rings (SSSR count). The summed E-state index contributed by atoms with van der Waals surface area (Å²) in [5, 5.41) is 11.2. The van der Waals surface area contributed by atoms with Gasteiger partial charge in [-0.2, -0.15) is 0 Å². The van der Waals surface area contributed by atoms with E-state index < -0.39 is 10.8 Å². The number of hydrogen-bond acceptors (Lipinski definition) is 3. The number of benzene rings is 2. The van der Waals surface area contributed by atoms with E-state index in [-0.39, 0.29) is 60.9 Å². The number of aliphatic hydroxyl groups excluding tert-OH is 1. The van der Waals surface area contributed by atoms with Gasteiger partial charge < -0.3 is 5.11 Å². The van der Waals surface area contributed by atoms with Crippen molar-refractivity contribution in [3.8, 4) is 0 Å². The Morgan fingerprint density at radius 3 is 2.07 bits per heavy atom. The minimum atomic E-state index is -0.520. The molecule has 0 spiro atoms. The molecular weight excluding hydrogens is 496 g/mol. The minimum absolute atomic E-state index is 0. The molecule has 0 saturated heterocycles. The summed E-state index contributed by atoms with van der Waals surface area (Å²) in [5.41, 5.74) is 0.590. The molecule has 0 saturated carbocycles. The van der Waals surface area contributed by atoms with Gasteiger partial charge in [-0.05, 0) is 36.6 Å². The molecule has 1 N–H and O–H groups in total. The fourth-order valence-electron chi connectivity index (χ4n) is 2.33. The Labute approximate surface area is 206 Å². The predicted octanol–water partition coefficient (Wildman–Crippen LogP) is 5.82. The van der Waals surface area contributed by atoms with Crippen LogP contribution in [0.3, 0.4) is 0 Å².